The van der Waals surface area contributed by atoms with Crippen LogP contribution in [0.1, 0.15) is 6.42 Å². The zero-order valence-electron chi connectivity index (χ0n) is 9.88. The highest BCUT2D eigenvalue weighted by Crippen LogP contribution is 2.15. The van der Waals surface area contributed by atoms with E-state index in [-0.39, 0.29) is 6.54 Å². The van der Waals surface area contributed by atoms with Crippen molar-refractivity contribution in [2.75, 3.05) is 37.6 Å². The summed E-state index contributed by atoms with van der Waals surface area (Å²) in [6.45, 7) is 3.75. The molecule has 4 heteroatoms. The van der Waals surface area contributed by atoms with Gasteiger partial charge in [0.1, 0.15) is 0 Å². The maximum atomic E-state index is 10.7. The van der Waals surface area contributed by atoms with Gasteiger partial charge in [-0.2, -0.15) is 0 Å². The maximum absolute atomic E-state index is 10.7. The molecule has 4 nitrogen and oxygen atoms in total. The highest BCUT2D eigenvalue weighted by Gasteiger charge is 2.16. The Morgan fingerprint density at radius 2 is 1.88 bits per heavy atom. The molecule has 0 aliphatic carbocycles. The molecular weight excluding hydrogens is 216 g/mol. The molecule has 0 atom stereocenters. The van der Waals surface area contributed by atoms with Crippen molar-refractivity contribution >= 4 is 11.7 Å². The summed E-state index contributed by atoms with van der Waals surface area (Å²) in [5.74, 6) is -0.738. The average molecular weight is 234 g/mol. The second-order valence-electron chi connectivity index (χ2n) is 4.35. The summed E-state index contributed by atoms with van der Waals surface area (Å²) in [6, 6.07) is 10.3. The molecule has 1 aromatic rings. The minimum Gasteiger partial charge on any atom is -0.480 e. The Labute approximate surface area is 101 Å². The van der Waals surface area contributed by atoms with Gasteiger partial charge < -0.3 is 10.0 Å². The van der Waals surface area contributed by atoms with E-state index < -0.39 is 5.97 Å². The number of hydrogen-bond acceptors (Lipinski definition) is 3. The van der Waals surface area contributed by atoms with E-state index in [4.69, 9.17) is 5.11 Å². The number of carbonyl (C=O) groups is 1. The van der Waals surface area contributed by atoms with E-state index in [2.05, 4.69) is 17.0 Å². The second-order valence-corrected chi connectivity index (χ2v) is 4.35. The number of nitrogens with zero attached hydrogens (tertiary/aromatic N) is 2. The van der Waals surface area contributed by atoms with E-state index in [1.165, 1.54) is 5.69 Å². The van der Waals surface area contributed by atoms with Crippen LogP contribution in [0.4, 0.5) is 5.69 Å². The fourth-order valence-electron chi connectivity index (χ4n) is 2.22. The third kappa shape index (κ3) is 3.46. The van der Waals surface area contributed by atoms with Crippen LogP contribution in [0.25, 0.3) is 0 Å². The van der Waals surface area contributed by atoms with Crippen molar-refractivity contribution in [3.63, 3.8) is 0 Å². The molecule has 0 radical (unpaired) electrons. The fraction of sp³-hybridized carbons (Fsp3) is 0.462. The van der Waals surface area contributed by atoms with Crippen molar-refractivity contribution in [2.24, 2.45) is 0 Å². The molecule has 1 aliphatic rings. The lowest BCUT2D eigenvalue weighted by atomic mass is 10.3. The molecule has 0 saturated carbocycles. The first-order valence-corrected chi connectivity index (χ1v) is 6.00. The molecule has 1 aliphatic heterocycles. The first-order chi connectivity index (χ1) is 8.25. The van der Waals surface area contributed by atoms with Gasteiger partial charge in [0.2, 0.25) is 0 Å². The minimum absolute atomic E-state index is 0.155. The highest BCUT2D eigenvalue weighted by atomic mass is 16.4. The summed E-state index contributed by atoms with van der Waals surface area (Å²) in [5.41, 5.74) is 1.23. The lowest BCUT2D eigenvalue weighted by Crippen LogP contribution is -2.34. The predicted molar refractivity (Wildman–Crippen MR) is 67.3 cm³/mol. The van der Waals surface area contributed by atoms with E-state index in [0.29, 0.717) is 0 Å². The number of anilines is 1. The van der Waals surface area contributed by atoms with E-state index in [1.54, 1.807) is 0 Å². The van der Waals surface area contributed by atoms with Gasteiger partial charge in [-0.3, -0.25) is 9.69 Å². The number of benzene rings is 1. The Hall–Kier alpha value is -1.55. The molecule has 1 fully saturated rings. The van der Waals surface area contributed by atoms with Crippen LogP contribution in [0.15, 0.2) is 30.3 Å². The number of carboxylic acids is 1. The van der Waals surface area contributed by atoms with Gasteiger partial charge >= 0.3 is 5.97 Å². The first-order valence-electron chi connectivity index (χ1n) is 6.00. The number of carboxylic acid groups (broad SMARTS) is 1. The van der Waals surface area contributed by atoms with Gasteiger partial charge in [-0.25, -0.2) is 0 Å². The fourth-order valence-corrected chi connectivity index (χ4v) is 2.22. The number of para-hydroxylation sites is 1. The van der Waals surface area contributed by atoms with E-state index in [0.717, 1.165) is 32.6 Å². The van der Waals surface area contributed by atoms with Crippen LogP contribution in [0.2, 0.25) is 0 Å². The largest absolute Gasteiger partial charge is 0.480 e. The predicted octanol–water partition coefficient (Wildman–Crippen LogP) is 1.28. The van der Waals surface area contributed by atoms with Crippen molar-refractivity contribution in [2.45, 2.75) is 6.42 Å². The van der Waals surface area contributed by atoms with Crippen LogP contribution in [0.3, 0.4) is 0 Å². The van der Waals surface area contributed by atoms with E-state index in [1.807, 2.05) is 23.1 Å². The van der Waals surface area contributed by atoms with Crippen molar-refractivity contribution in [1.82, 2.24) is 4.90 Å². The molecule has 0 amide bonds. The molecular formula is C13H18N2O2. The molecule has 0 unspecified atom stereocenters. The van der Waals surface area contributed by atoms with Gasteiger partial charge in [0.15, 0.2) is 0 Å². The summed E-state index contributed by atoms with van der Waals surface area (Å²) in [5, 5.41) is 8.79. The van der Waals surface area contributed by atoms with Crippen molar-refractivity contribution < 1.29 is 9.90 Å². The summed E-state index contributed by atoms with van der Waals surface area (Å²) in [6.07, 6.45) is 1.02. The van der Waals surface area contributed by atoms with Crippen LogP contribution in [0.5, 0.6) is 0 Å². The lowest BCUT2D eigenvalue weighted by Gasteiger charge is -2.23. The summed E-state index contributed by atoms with van der Waals surface area (Å²) >= 11 is 0. The Morgan fingerprint density at radius 3 is 2.59 bits per heavy atom. The van der Waals surface area contributed by atoms with Crippen LogP contribution in [-0.2, 0) is 4.79 Å². The maximum Gasteiger partial charge on any atom is 0.317 e. The quantitative estimate of drug-likeness (QED) is 0.855. The smallest absolute Gasteiger partial charge is 0.317 e. The topological polar surface area (TPSA) is 43.8 Å². The first kappa shape index (κ1) is 11.9. The summed E-state index contributed by atoms with van der Waals surface area (Å²) < 4.78 is 0. The Bertz CT molecular complexity index is 367. The molecule has 1 N–H and O–H groups in total. The Kier molecular flexibility index (Phi) is 3.98. The van der Waals surface area contributed by atoms with Crippen LogP contribution in [-0.4, -0.2) is 48.7 Å². The van der Waals surface area contributed by atoms with Crippen molar-refractivity contribution in [3.05, 3.63) is 30.3 Å². The molecule has 17 heavy (non-hydrogen) atoms. The molecule has 0 aromatic heterocycles. The number of aliphatic carboxylic acids is 1. The third-order valence-electron chi connectivity index (χ3n) is 3.07. The second kappa shape index (κ2) is 5.68. The summed E-state index contributed by atoms with van der Waals surface area (Å²) in [7, 11) is 0. The van der Waals surface area contributed by atoms with Gasteiger partial charge in [0.05, 0.1) is 6.54 Å². The molecule has 1 saturated heterocycles. The van der Waals surface area contributed by atoms with Crippen molar-refractivity contribution in [3.8, 4) is 0 Å². The molecule has 0 spiro atoms. The summed E-state index contributed by atoms with van der Waals surface area (Å²) in [4.78, 5) is 15.0. The van der Waals surface area contributed by atoms with Crippen molar-refractivity contribution in [1.29, 1.82) is 0 Å². The van der Waals surface area contributed by atoms with E-state index >= 15 is 0 Å². The van der Waals surface area contributed by atoms with Gasteiger partial charge in [0, 0.05) is 31.9 Å². The van der Waals surface area contributed by atoms with Crippen LogP contribution < -0.4 is 4.90 Å². The highest BCUT2D eigenvalue weighted by molar-refractivity contribution is 5.69. The third-order valence-corrected chi connectivity index (χ3v) is 3.07. The molecule has 0 bridgehead atoms. The Morgan fingerprint density at radius 1 is 1.12 bits per heavy atom. The zero-order chi connectivity index (χ0) is 12.1. The molecule has 2 rings (SSSR count). The number of rotatable bonds is 3. The average Bonchev–Trinajstić information content (AvgIpc) is 2.55. The normalized spacial score (nSPS) is 17.8. The Balaban J connectivity index is 1.94. The molecule has 1 aromatic carbocycles. The SMILES string of the molecule is O=C(O)CN1CCCN(c2ccccc2)CC1. The zero-order valence-corrected chi connectivity index (χ0v) is 9.88. The van der Waals surface area contributed by atoms with Gasteiger partial charge in [-0.05, 0) is 18.6 Å². The van der Waals surface area contributed by atoms with Gasteiger partial charge in [-0.15, -0.1) is 0 Å². The standard InChI is InChI=1S/C13H18N2O2/c16-13(17)11-14-7-4-8-15(10-9-14)12-5-2-1-3-6-12/h1-3,5-6H,4,7-11H2,(H,16,17). The molecule has 1 heterocycles. The van der Waals surface area contributed by atoms with Crippen LogP contribution in [0, 0.1) is 0 Å². The van der Waals surface area contributed by atoms with Gasteiger partial charge in [-0.1, -0.05) is 18.2 Å². The van der Waals surface area contributed by atoms with E-state index in [9.17, 15) is 4.79 Å². The number of hydrogen-bond donors (Lipinski definition) is 1. The minimum atomic E-state index is -0.738. The van der Waals surface area contributed by atoms with Crippen LogP contribution >= 0.6 is 0 Å². The van der Waals surface area contributed by atoms with Gasteiger partial charge in [0.25, 0.3) is 0 Å². The monoisotopic (exact) mass is 234 g/mol. The molecule has 92 valence electrons. The lowest BCUT2D eigenvalue weighted by molar-refractivity contribution is -0.138.